The van der Waals surface area contributed by atoms with Gasteiger partial charge in [0.2, 0.25) is 0 Å². The van der Waals surface area contributed by atoms with Gasteiger partial charge in [-0.1, -0.05) is 12.1 Å². The van der Waals surface area contributed by atoms with Gasteiger partial charge in [0.25, 0.3) is 0 Å². The molecule has 1 aliphatic carbocycles. The van der Waals surface area contributed by atoms with Gasteiger partial charge >= 0.3 is 6.09 Å². The number of Topliss-reactive ketones (excluding diaryl/α,β-unsaturated/α-hetero) is 1. The van der Waals surface area contributed by atoms with Crippen molar-refractivity contribution in [3.63, 3.8) is 0 Å². The van der Waals surface area contributed by atoms with Gasteiger partial charge in [-0.25, -0.2) is 4.79 Å². The largest absolute Gasteiger partial charge is 0.465 e. The molecule has 1 aromatic heterocycles. The SMILES string of the molecule is O=C1CCCc2c1[nH]c1ccc(C3=CCN(C(=O)O)C3)cc21. The fraction of sp³-hybridized carbons (Fsp3) is 0.294. The lowest BCUT2D eigenvalue weighted by Gasteiger charge is -2.12. The number of carbonyl (C=O) groups is 2. The molecular weight excluding hydrogens is 280 g/mol. The molecule has 2 aromatic rings. The molecule has 1 amide bonds. The summed E-state index contributed by atoms with van der Waals surface area (Å²) >= 11 is 0. The van der Waals surface area contributed by atoms with Gasteiger partial charge in [-0.15, -0.1) is 0 Å². The number of aryl methyl sites for hydroxylation is 1. The molecule has 0 fully saturated rings. The molecule has 5 heteroatoms. The second kappa shape index (κ2) is 4.73. The van der Waals surface area contributed by atoms with Crippen molar-refractivity contribution in [2.45, 2.75) is 19.3 Å². The van der Waals surface area contributed by atoms with E-state index in [4.69, 9.17) is 5.11 Å². The Bertz CT molecular complexity index is 832. The molecule has 0 radical (unpaired) electrons. The van der Waals surface area contributed by atoms with Crippen LogP contribution in [0.5, 0.6) is 0 Å². The average Bonchev–Trinajstić information content (AvgIpc) is 3.12. The highest BCUT2D eigenvalue weighted by Crippen LogP contribution is 2.32. The maximum Gasteiger partial charge on any atom is 0.407 e. The molecule has 0 spiro atoms. The summed E-state index contributed by atoms with van der Waals surface area (Å²) in [6.45, 7) is 0.860. The minimum Gasteiger partial charge on any atom is -0.465 e. The summed E-state index contributed by atoms with van der Waals surface area (Å²) in [6, 6.07) is 6.06. The third-order valence-corrected chi connectivity index (χ3v) is 4.58. The van der Waals surface area contributed by atoms with Crippen molar-refractivity contribution in [1.29, 1.82) is 0 Å². The number of hydrogen-bond acceptors (Lipinski definition) is 2. The number of nitrogens with zero attached hydrogens (tertiary/aromatic N) is 1. The predicted molar refractivity (Wildman–Crippen MR) is 83.1 cm³/mol. The van der Waals surface area contributed by atoms with Crippen LogP contribution in [0.4, 0.5) is 4.79 Å². The maximum absolute atomic E-state index is 12.0. The quantitative estimate of drug-likeness (QED) is 0.849. The van der Waals surface area contributed by atoms with E-state index in [-0.39, 0.29) is 5.78 Å². The Morgan fingerprint density at radius 1 is 1.27 bits per heavy atom. The summed E-state index contributed by atoms with van der Waals surface area (Å²) in [5.74, 6) is 0.191. The molecule has 2 N–H and O–H groups in total. The van der Waals surface area contributed by atoms with Crippen LogP contribution in [0.25, 0.3) is 16.5 Å². The summed E-state index contributed by atoms with van der Waals surface area (Å²) < 4.78 is 0. The lowest BCUT2D eigenvalue weighted by molar-refractivity contribution is 0.0968. The standard InChI is InChI=1S/C17H16N2O3/c20-15-3-1-2-12-13-8-10(4-5-14(13)18-16(12)15)11-6-7-19(9-11)17(21)22/h4-6,8,18H,1-3,7,9H2,(H,21,22). The van der Waals surface area contributed by atoms with E-state index in [0.29, 0.717) is 19.5 Å². The van der Waals surface area contributed by atoms with Crippen molar-refractivity contribution in [3.05, 3.63) is 41.1 Å². The summed E-state index contributed by atoms with van der Waals surface area (Å²) in [6.07, 6.45) is 3.51. The zero-order valence-electron chi connectivity index (χ0n) is 12.1. The number of aromatic amines is 1. The van der Waals surface area contributed by atoms with E-state index in [1.54, 1.807) is 0 Å². The number of rotatable bonds is 1. The first-order valence-electron chi connectivity index (χ1n) is 7.48. The second-order valence-electron chi connectivity index (χ2n) is 5.91. The molecule has 5 nitrogen and oxygen atoms in total. The Labute approximate surface area is 127 Å². The van der Waals surface area contributed by atoms with Crippen LogP contribution >= 0.6 is 0 Å². The minimum absolute atomic E-state index is 0.191. The highest BCUT2D eigenvalue weighted by atomic mass is 16.4. The molecule has 4 rings (SSSR count). The van der Waals surface area contributed by atoms with Crippen LogP contribution in [0.15, 0.2) is 24.3 Å². The van der Waals surface area contributed by atoms with E-state index in [1.165, 1.54) is 4.90 Å². The number of ketones is 1. The topological polar surface area (TPSA) is 73.4 Å². The van der Waals surface area contributed by atoms with E-state index in [0.717, 1.165) is 46.1 Å². The van der Waals surface area contributed by atoms with Crippen LogP contribution in [-0.2, 0) is 6.42 Å². The predicted octanol–water partition coefficient (Wildman–Crippen LogP) is 3.06. The Morgan fingerprint density at radius 3 is 2.91 bits per heavy atom. The van der Waals surface area contributed by atoms with E-state index in [2.05, 4.69) is 11.1 Å². The van der Waals surface area contributed by atoms with Gasteiger partial charge < -0.3 is 15.0 Å². The average molecular weight is 296 g/mol. The van der Waals surface area contributed by atoms with Crippen LogP contribution in [-0.4, -0.2) is 40.0 Å². The van der Waals surface area contributed by atoms with Crippen LogP contribution in [0.3, 0.4) is 0 Å². The molecule has 1 aliphatic heterocycles. The van der Waals surface area contributed by atoms with Gasteiger partial charge in [-0.2, -0.15) is 0 Å². The van der Waals surface area contributed by atoms with Crippen LogP contribution in [0, 0.1) is 0 Å². The number of carboxylic acid groups (broad SMARTS) is 1. The number of fused-ring (bicyclic) bond motifs is 3. The van der Waals surface area contributed by atoms with Gasteiger partial charge in [-0.05, 0) is 41.7 Å². The second-order valence-corrected chi connectivity index (χ2v) is 5.91. The van der Waals surface area contributed by atoms with Gasteiger partial charge in [0, 0.05) is 30.4 Å². The number of H-pyrrole nitrogens is 1. The fourth-order valence-electron chi connectivity index (χ4n) is 3.41. The molecule has 22 heavy (non-hydrogen) atoms. The molecular formula is C17H16N2O3. The van der Waals surface area contributed by atoms with Crippen molar-refractivity contribution in [1.82, 2.24) is 9.88 Å². The third-order valence-electron chi connectivity index (χ3n) is 4.58. The highest BCUT2D eigenvalue weighted by Gasteiger charge is 2.23. The lowest BCUT2D eigenvalue weighted by atomic mass is 9.93. The van der Waals surface area contributed by atoms with E-state index in [1.807, 2.05) is 18.2 Å². The number of benzene rings is 1. The lowest BCUT2D eigenvalue weighted by Crippen LogP contribution is -2.26. The van der Waals surface area contributed by atoms with Gasteiger partial charge in [0.05, 0.1) is 5.69 Å². The van der Waals surface area contributed by atoms with E-state index >= 15 is 0 Å². The highest BCUT2D eigenvalue weighted by molar-refractivity contribution is 6.03. The summed E-state index contributed by atoms with van der Waals surface area (Å²) in [5.41, 5.74) is 4.92. The number of carbonyl (C=O) groups excluding carboxylic acids is 1. The Hall–Kier alpha value is -2.56. The fourth-order valence-corrected chi connectivity index (χ4v) is 3.41. The number of amides is 1. The smallest absolute Gasteiger partial charge is 0.407 e. The Morgan fingerprint density at radius 2 is 2.14 bits per heavy atom. The molecule has 1 aromatic carbocycles. The van der Waals surface area contributed by atoms with Gasteiger partial charge in [0.15, 0.2) is 5.78 Å². The monoisotopic (exact) mass is 296 g/mol. The molecule has 2 aliphatic rings. The van der Waals surface area contributed by atoms with Crippen molar-refractivity contribution >= 4 is 28.4 Å². The molecule has 0 unspecified atom stereocenters. The molecule has 0 atom stereocenters. The summed E-state index contributed by atoms with van der Waals surface area (Å²) in [5, 5.41) is 10.1. The van der Waals surface area contributed by atoms with Gasteiger partial charge in [-0.3, -0.25) is 4.79 Å². The normalized spacial score (nSPS) is 17.7. The first-order chi connectivity index (χ1) is 10.6. The van der Waals surface area contributed by atoms with E-state index < -0.39 is 6.09 Å². The van der Waals surface area contributed by atoms with E-state index in [9.17, 15) is 9.59 Å². The van der Waals surface area contributed by atoms with Crippen LogP contribution in [0.2, 0.25) is 0 Å². The Balaban J connectivity index is 1.75. The first-order valence-corrected chi connectivity index (χ1v) is 7.48. The van der Waals surface area contributed by atoms with Gasteiger partial charge in [0.1, 0.15) is 0 Å². The number of aromatic nitrogens is 1. The third kappa shape index (κ3) is 1.93. The molecule has 112 valence electrons. The zero-order valence-corrected chi connectivity index (χ0v) is 12.1. The van der Waals surface area contributed by atoms with Crippen LogP contribution < -0.4 is 0 Å². The zero-order chi connectivity index (χ0) is 15.3. The summed E-state index contributed by atoms with van der Waals surface area (Å²) in [4.78, 5) is 27.6. The molecule has 0 bridgehead atoms. The van der Waals surface area contributed by atoms with Crippen molar-refractivity contribution in [3.8, 4) is 0 Å². The minimum atomic E-state index is -0.892. The summed E-state index contributed by atoms with van der Waals surface area (Å²) in [7, 11) is 0. The maximum atomic E-state index is 12.0. The van der Waals surface area contributed by atoms with Crippen molar-refractivity contribution in [2.24, 2.45) is 0 Å². The van der Waals surface area contributed by atoms with Crippen molar-refractivity contribution < 1.29 is 14.7 Å². The molecule has 0 saturated carbocycles. The number of hydrogen-bond donors (Lipinski definition) is 2. The number of nitrogens with one attached hydrogen (secondary N) is 1. The first kappa shape index (κ1) is 13.1. The Kier molecular flexibility index (Phi) is 2.82. The van der Waals surface area contributed by atoms with Crippen LogP contribution in [0.1, 0.15) is 34.5 Å². The van der Waals surface area contributed by atoms with Crippen molar-refractivity contribution in [2.75, 3.05) is 13.1 Å². The molecule has 2 heterocycles. The molecule has 0 saturated heterocycles.